The van der Waals surface area contributed by atoms with Gasteiger partial charge in [0, 0.05) is 0 Å². The molecule has 0 aliphatic rings. The van der Waals surface area contributed by atoms with Crippen LogP contribution in [0, 0.1) is 0 Å². The fourth-order valence-electron chi connectivity index (χ4n) is 8.06. The molecule has 107 heteroatoms. The van der Waals surface area contributed by atoms with Crippen molar-refractivity contribution in [1.82, 2.24) is 0 Å². The Balaban J connectivity index is 2.26. The molecule has 0 heterocycles. The molecule has 0 N–H and O–H groups in total. The van der Waals surface area contributed by atoms with Gasteiger partial charge < -0.3 is 231 Å². The van der Waals surface area contributed by atoms with E-state index in [1.165, 1.54) is 42.9 Å². The molecule has 0 fully saturated rings. The fourth-order valence-corrected chi connectivity index (χ4v) is 631. The smallest absolute Gasteiger partial charge is 0.381 e. The molecule has 0 aromatic heterocycles. The number of hydrogen-bond donors (Lipinski definition) is 0. The van der Waals surface area contributed by atoms with E-state index in [0.29, 0.717) is 0 Å². The average molecular weight is 2610 g/mol. The molecule has 52 nitrogen and oxygen atoms in total. The van der Waals surface area contributed by atoms with Gasteiger partial charge in [-0.25, -0.2) is 0 Å². The fraction of sp³-hybridized carbons (Fsp3) is 0.294. The summed E-state index contributed by atoms with van der Waals surface area (Å²) in [6.07, 6.45) is 0. The van der Waals surface area contributed by atoms with Gasteiger partial charge >= 0.3 is 378 Å². The first-order valence-electron chi connectivity index (χ1n) is 31.7. The second-order valence-electron chi connectivity index (χ2n) is 23.2. The highest BCUT2D eigenvalue weighted by Gasteiger charge is 2.63. The van der Waals surface area contributed by atoms with Crippen LogP contribution in [-0.4, -0.2) is 431 Å². The first-order chi connectivity index (χ1) is 57.1. The normalized spacial score (nSPS) is 10.9. The molecule has 2 aromatic rings. The van der Waals surface area contributed by atoms with Crippen molar-refractivity contribution in [2.24, 2.45) is 0 Å². The first-order valence-corrected chi connectivity index (χ1v) is 165. The lowest BCUT2D eigenvalue weighted by Crippen LogP contribution is -2.73. The van der Waals surface area contributed by atoms with Crippen LogP contribution >= 0.6 is 0 Å². The highest BCUT2D eigenvalue weighted by molar-refractivity contribution is 7.87. The van der Waals surface area contributed by atoms with Crippen LogP contribution < -0.4 is 10.4 Å². The summed E-state index contributed by atoms with van der Waals surface area (Å²) in [5.74, 6) is 0. The van der Waals surface area contributed by atoms with E-state index in [9.17, 15) is 219 Å². The predicted molar refractivity (Wildman–Crippen MR) is 445 cm³/mol. The molecular formula is C17H32O52Si55. The van der Waals surface area contributed by atoms with Gasteiger partial charge in [-0.3, -0.25) is 0 Å². The van der Waals surface area contributed by atoms with Crippen molar-refractivity contribution in [3.05, 3.63) is 60.7 Å². The minimum absolute atomic E-state index is 0.243. The molecule has 0 aliphatic carbocycles. The molecule has 0 amide bonds. The molecule has 632 valence electrons. The van der Waals surface area contributed by atoms with E-state index in [1.807, 2.05) is 0 Å². The van der Waals surface area contributed by atoms with Crippen molar-refractivity contribution in [3.63, 3.8) is 0 Å². The van der Waals surface area contributed by atoms with Crippen LogP contribution in [0.15, 0.2) is 60.7 Å². The van der Waals surface area contributed by atoms with Gasteiger partial charge in [0.25, 0.3) is 7.83 Å². The van der Waals surface area contributed by atoms with Gasteiger partial charge in [-0.15, -0.1) is 0 Å². The van der Waals surface area contributed by atoms with Crippen LogP contribution in [0.1, 0.15) is 0 Å². The molecule has 1 unspecified atom stereocenters. The number of hydrogen-bond acceptors (Lipinski definition) is 52. The van der Waals surface area contributed by atoms with Crippen LogP contribution in [0.4, 0.5) is 0 Å². The maximum absolute atomic E-state index is 15.0. The zero-order valence-electron chi connectivity index (χ0n) is 61.1. The van der Waals surface area contributed by atoms with Gasteiger partial charge in [0.05, 0.1) is 0 Å². The topological polar surface area (TPSA) is 864 Å². The third-order valence-corrected chi connectivity index (χ3v) is 432. The molecule has 0 saturated heterocycles. The van der Waals surface area contributed by atoms with Crippen LogP contribution in [-0.2, 0) is 231 Å². The van der Waals surface area contributed by atoms with Crippen molar-refractivity contribution >= 4 is 442 Å². The maximum atomic E-state index is 15.0. The summed E-state index contributed by atoms with van der Waals surface area (Å²) < 4.78 is 660. The molecule has 0 saturated carbocycles. The molecule has 0 aliphatic heterocycles. The summed E-state index contributed by atoms with van der Waals surface area (Å²) in [5, 5.41) is -0.485. The number of benzene rings is 2. The maximum Gasteiger partial charge on any atom is 0.381 e. The summed E-state index contributed by atoms with van der Waals surface area (Å²) in [4.78, 5) is 0. The molecular weight excluding hydrogens is 2580 g/mol. The van der Waals surface area contributed by atoms with Crippen LogP contribution in [0.2, 0.25) is 32.7 Å². The van der Waals surface area contributed by atoms with Crippen molar-refractivity contribution in [3.8, 4) is 0 Å². The molecule has 2 rings (SSSR count). The van der Waals surface area contributed by atoms with Crippen LogP contribution in [0.25, 0.3) is 0 Å². The Kier molecular flexibility index (Phi) is 53.5. The average Bonchev–Trinajstić information content (AvgIpc) is 0.749. The Bertz CT molecular complexity index is 5830. The monoisotopic (exact) mass is 2610 g/mol. The molecule has 1 atom stereocenters. The molecule has 0 bridgehead atoms. The second kappa shape index (κ2) is 55.0. The van der Waals surface area contributed by atoms with Crippen molar-refractivity contribution in [1.29, 1.82) is 0 Å². The van der Waals surface area contributed by atoms with E-state index in [4.69, 9.17) is 12.3 Å². The number of rotatable bonds is 59. The lowest BCUT2D eigenvalue weighted by Gasteiger charge is -2.29. The van der Waals surface area contributed by atoms with E-state index < -0.39 is 431 Å². The Hall–Kier alpha value is 0.449. The summed E-state index contributed by atoms with van der Waals surface area (Å²) in [6, 6.07) is 12.1. The van der Waals surface area contributed by atoms with Gasteiger partial charge in [0.1, 0.15) is 0 Å². The lowest BCUT2D eigenvalue weighted by molar-refractivity contribution is 0.531. The summed E-state index contributed by atoms with van der Waals surface area (Å²) in [5.41, 5.74) is 0. The van der Waals surface area contributed by atoms with E-state index in [2.05, 4.69) is 0 Å². The highest BCUT2D eigenvalue weighted by Crippen LogP contribution is 2.11. The van der Waals surface area contributed by atoms with Gasteiger partial charge in [-0.2, -0.15) is 0 Å². The Labute approximate surface area is 756 Å². The quantitative estimate of drug-likeness (QED) is 0.0555. The van der Waals surface area contributed by atoms with Crippen molar-refractivity contribution in [2.75, 3.05) is 0 Å². The highest BCUT2D eigenvalue weighted by atomic mass is 30.2. The predicted octanol–water partition coefficient (Wildman–Crippen LogP) is -24.2. The molecule has 124 heavy (non-hydrogen) atoms. The van der Waals surface area contributed by atoms with Crippen molar-refractivity contribution in [2.45, 2.75) is 32.7 Å². The van der Waals surface area contributed by atoms with Gasteiger partial charge in [0.2, 0.25) is 27.1 Å². The summed E-state index contributed by atoms with van der Waals surface area (Å²) >= 11 is 0. The van der Waals surface area contributed by atoms with E-state index >= 15 is 0 Å². The Morgan fingerprint density at radius 1 is 0.202 bits per heavy atom. The van der Waals surface area contributed by atoms with Crippen molar-refractivity contribution < 1.29 is 231 Å². The standard InChI is InChI=1S/C17H32O52Si55/c1-72(2)67-70-75(18)78(21)81(24)84(27)87(30)90(33)94(37)117(60)118(61)119(62)120(63)121(64)122(65)123(66)124(16-12-8-6-9-13-16,17-14-10-7-11-15-17)68-71-76(19)79(22)82(25)85(28)88(31)91(34)93(36)96(39)98(41)100(43)102(45)104(47)106(49)108(51)110(53)112(55)114(57)116(59)115(58)113(56)111(54)109(52)107(50)105(48)103(46)101(44)99(42)97(40)95(38)92(35)89(32)86(29)83(26)80(23)77(20)74(5)69-73(3)4/h6-15,72-74H,70-71H2,1-5H3. The molecule has 0 radical (unpaired) electrons. The van der Waals surface area contributed by atoms with E-state index in [-0.39, 0.29) is 10.4 Å². The minimum atomic E-state index is -5.09. The van der Waals surface area contributed by atoms with Gasteiger partial charge in [-0.05, 0) is 43.1 Å². The SMILES string of the molecule is C[SiH](C)O[SiH2][Si](=O)[Si](=O)[Si](=O)[Si](=O)[Si](=O)[Si](=O)[Si](=O)[Si](=O)[Si](=O)[Si](=O)[Si](=O)[Si](=O)[Si](=O)[Si](=O)[Si](O[SiH2][Si](=O)[Si](=O)[Si](=O)[Si](=O)[Si](=O)[Si](=O)[Si](=O)[Si](=O)[Si](=O)[Si](=O)[Si](=O)[Si](=O)[Si](=O)[Si](=O)[Si](=O)[Si](=O)[Si](=O)[Si](=O)[Si](=O)[Si](=O)[Si](=O)[Si](=O)[Si](=O)[Si](=O)[Si](=O)[Si](=O)[Si](=O)[Si](=O)[Si](=O)[Si](=O)[Si](=O)[Si](=O)[Si](=O)[Si](=O)[Si](=O)[SiH](C)O[SiH](C)C)(c1ccccc1)c1ccccc1. The summed E-state index contributed by atoms with van der Waals surface area (Å²) in [6.45, 7) is 7.81. The second-order valence-corrected chi connectivity index (χ2v) is 285. The van der Waals surface area contributed by atoms with Crippen LogP contribution in [0.3, 0.4) is 0 Å². The third-order valence-electron chi connectivity index (χ3n) is 14.3. The third kappa shape index (κ3) is 31.0. The molecule has 0 spiro atoms. The lowest BCUT2D eigenvalue weighted by atomic mass is 10.4. The molecule has 2 aromatic carbocycles. The van der Waals surface area contributed by atoms with Crippen LogP contribution in [0.5, 0.6) is 0 Å². The van der Waals surface area contributed by atoms with Gasteiger partial charge in [0.15, 0.2) is 18.1 Å². The van der Waals surface area contributed by atoms with Gasteiger partial charge in [-0.1, -0.05) is 60.7 Å². The Morgan fingerprint density at radius 3 is 0.540 bits per heavy atom. The van der Waals surface area contributed by atoms with E-state index in [1.54, 1.807) is 26.2 Å². The van der Waals surface area contributed by atoms with E-state index in [0.717, 1.165) is 24.3 Å². The largest absolute Gasteiger partial charge is 0.460 e. The zero-order valence-corrected chi connectivity index (χ0v) is 117. The summed E-state index contributed by atoms with van der Waals surface area (Å²) in [7, 11) is -242. The minimum Gasteiger partial charge on any atom is -0.460 e. The Morgan fingerprint density at radius 2 is 0.363 bits per heavy atom. The first kappa shape index (κ1) is 121. The zero-order chi connectivity index (χ0) is 96.3.